The minimum Gasteiger partial charge on any atom is -0.480 e. The molecule has 0 aromatic carbocycles. The standard InChI is InChI=1S/C16H21NO4S3/c1-9(7-24-10(2)18)14(19)17-8-16(6-11(17)15(20)21)12(22)4-3-5-13(16)23/h9,11H,3-8H2,1-2H3,(H,20,21)/t9-,11?/m1/s1. The van der Waals surface area contributed by atoms with Crippen LogP contribution in [0.3, 0.4) is 0 Å². The molecular formula is C16H21NO4S3. The minimum atomic E-state index is -1.03. The Morgan fingerprint density at radius 1 is 1.33 bits per heavy atom. The quantitative estimate of drug-likeness (QED) is 0.743. The molecule has 8 heteroatoms. The van der Waals surface area contributed by atoms with E-state index in [0.717, 1.165) is 40.8 Å². The van der Waals surface area contributed by atoms with Crippen molar-refractivity contribution in [2.45, 2.75) is 45.6 Å². The summed E-state index contributed by atoms with van der Waals surface area (Å²) in [6.07, 6.45) is 2.67. The number of likely N-dealkylation sites (tertiary alicyclic amines) is 1. The van der Waals surface area contributed by atoms with E-state index in [0.29, 0.717) is 5.75 Å². The van der Waals surface area contributed by atoms with E-state index in [1.807, 2.05) is 0 Å². The number of carbonyl (C=O) groups excluding carboxylic acids is 2. The molecule has 0 bridgehead atoms. The van der Waals surface area contributed by atoms with E-state index in [9.17, 15) is 19.5 Å². The molecule has 1 saturated heterocycles. The Morgan fingerprint density at radius 3 is 2.42 bits per heavy atom. The normalized spacial score (nSPS) is 24.2. The minimum absolute atomic E-state index is 0.0584. The fraction of sp³-hybridized carbons (Fsp3) is 0.688. The van der Waals surface area contributed by atoms with Crippen molar-refractivity contribution in [3.8, 4) is 0 Å². The number of rotatable bonds is 4. The van der Waals surface area contributed by atoms with E-state index < -0.39 is 23.3 Å². The van der Waals surface area contributed by atoms with Gasteiger partial charge in [-0.2, -0.15) is 0 Å². The van der Waals surface area contributed by atoms with Gasteiger partial charge >= 0.3 is 5.97 Å². The summed E-state index contributed by atoms with van der Waals surface area (Å²) in [6.45, 7) is 3.43. The van der Waals surface area contributed by atoms with Gasteiger partial charge in [0.15, 0.2) is 5.12 Å². The van der Waals surface area contributed by atoms with Crippen LogP contribution in [0.15, 0.2) is 0 Å². The second-order valence-electron chi connectivity index (χ2n) is 6.51. The van der Waals surface area contributed by atoms with Crippen molar-refractivity contribution in [1.29, 1.82) is 0 Å². The van der Waals surface area contributed by atoms with E-state index in [1.165, 1.54) is 11.8 Å². The van der Waals surface area contributed by atoms with Gasteiger partial charge in [0.2, 0.25) is 5.91 Å². The predicted molar refractivity (Wildman–Crippen MR) is 102 cm³/mol. The maximum atomic E-state index is 12.8. The molecule has 1 unspecified atom stereocenters. The number of carboxylic acids is 1. The highest BCUT2D eigenvalue weighted by Gasteiger charge is 2.54. The molecule has 132 valence electrons. The lowest BCUT2D eigenvalue weighted by molar-refractivity contribution is -0.149. The van der Waals surface area contributed by atoms with Crippen molar-refractivity contribution in [3.05, 3.63) is 0 Å². The maximum Gasteiger partial charge on any atom is 0.326 e. The lowest BCUT2D eigenvalue weighted by Crippen LogP contribution is -2.46. The Labute approximate surface area is 156 Å². The second kappa shape index (κ2) is 7.58. The smallest absolute Gasteiger partial charge is 0.326 e. The number of hydrogen-bond donors (Lipinski definition) is 1. The molecule has 1 heterocycles. The second-order valence-corrected chi connectivity index (χ2v) is 8.69. The lowest BCUT2D eigenvalue weighted by Gasteiger charge is -2.35. The molecule has 1 saturated carbocycles. The first-order valence-corrected chi connectivity index (χ1v) is 9.72. The number of hydrogen-bond acceptors (Lipinski definition) is 6. The van der Waals surface area contributed by atoms with Crippen LogP contribution in [-0.2, 0) is 14.4 Å². The molecule has 2 aliphatic rings. The summed E-state index contributed by atoms with van der Waals surface area (Å²) in [5, 5.41) is 9.52. The van der Waals surface area contributed by atoms with Crippen LogP contribution in [-0.4, -0.2) is 55.1 Å². The van der Waals surface area contributed by atoms with Crippen molar-refractivity contribution in [3.63, 3.8) is 0 Å². The summed E-state index contributed by atoms with van der Waals surface area (Å²) < 4.78 is 0. The van der Waals surface area contributed by atoms with Crippen molar-refractivity contribution in [1.82, 2.24) is 4.90 Å². The van der Waals surface area contributed by atoms with Crippen LogP contribution in [0.2, 0.25) is 0 Å². The summed E-state index contributed by atoms with van der Waals surface area (Å²) in [4.78, 5) is 38.6. The highest BCUT2D eigenvalue weighted by molar-refractivity contribution is 8.13. The Kier molecular flexibility index (Phi) is 6.14. The zero-order valence-corrected chi connectivity index (χ0v) is 16.2. The molecule has 1 spiro atoms. The fourth-order valence-corrected chi connectivity index (χ4v) is 4.92. The van der Waals surface area contributed by atoms with Gasteiger partial charge in [0.25, 0.3) is 0 Å². The van der Waals surface area contributed by atoms with Crippen molar-refractivity contribution < 1.29 is 19.5 Å². The van der Waals surface area contributed by atoms with Gasteiger partial charge < -0.3 is 10.0 Å². The topological polar surface area (TPSA) is 74.7 Å². The Bertz CT molecular complexity index is 588. The largest absolute Gasteiger partial charge is 0.480 e. The van der Waals surface area contributed by atoms with E-state index >= 15 is 0 Å². The Hall–Kier alpha value is -0.860. The van der Waals surface area contributed by atoms with Gasteiger partial charge in [0, 0.05) is 34.9 Å². The molecule has 0 radical (unpaired) electrons. The van der Waals surface area contributed by atoms with Gasteiger partial charge in [-0.3, -0.25) is 9.59 Å². The maximum absolute atomic E-state index is 12.8. The van der Waals surface area contributed by atoms with Gasteiger partial charge in [0.1, 0.15) is 6.04 Å². The number of carboxylic acid groups (broad SMARTS) is 1. The summed E-state index contributed by atoms with van der Waals surface area (Å²) in [5.41, 5.74) is -0.616. The highest BCUT2D eigenvalue weighted by Crippen LogP contribution is 2.44. The molecule has 1 aliphatic carbocycles. The number of thioether (sulfide) groups is 1. The molecule has 2 rings (SSSR count). The van der Waals surface area contributed by atoms with E-state index in [4.69, 9.17) is 24.4 Å². The van der Waals surface area contributed by atoms with Crippen molar-refractivity contribution in [2.75, 3.05) is 12.3 Å². The first kappa shape index (κ1) is 19.5. The van der Waals surface area contributed by atoms with Crippen LogP contribution < -0.4 is 0 Å². The molecule has 1 aliphatic heterocycles. The molecule has 24 heavy (non-hydrogen) atoms. The Morgan fingerprint density at radius 2 is 1.92 bits per heavy atom. The third kappa shape index (κ3) is 3.70. The Balaban J connectivity index is 2.23. The number of aliphatic carboxylic acids is 1. The van der Waals surface area contributed by atoms with Crippen molar-refractivity contribution >= 4 is 62.9 Å². The summed E-state index contributed by atoms with van der Waals surface area (Å²) in [6, 6.07) is -0.906. The average molecular weight is 388 g/mol. The third-order valence-electron chi connectivity index (χ3n) is 4.76. The van der Waals surface area contributed by atoms with Crippen LogP contribution in [0, 0.1) is 11.3 Å². The van der Waals surface area contributed by atoms with E-state index in [2.05, 4.69) is 0 Å². The molecule has 2 fully saturated rings. The molecule has 1 N–H and O–H groups in total. The zero-order valence-electron chi connectivity index (χ0n) is 13.7. The summed E-state index contributed by atoms with van der Waals surface area (Å²) in [7, 11) is 0. The van der Waals surface area contributed by atoms with Gasteiger partial charge in [0.05, 0.1) is 5.41 Å². The number of nitrogens with zero attached hydrogens (tertiary/aromatic N) is 1. The first-order chi connectivity index (χ1) is 11.2. The zero-order chi connectivity index (χ0) is 18.1. The van der Waals surface area contributed by atoms with Crippen molar-refractivity contribution in [2.24, 2.45) is 11.3 Å². The summed E-state index contributed by atoms with van der Waals surface area (Å²) in [5.74, 6) is -1.35. The van der Waals surface area contributed by atoms with Crippen LogP contribution in [0.25, 0.3) is 0 Å². The molecular weight excluding hydrogens is 366 g/mol. The van der Waals surface area contributed by atoms with E-state index in [1.54, 1.807) is 6.92 Å². The van der Waals surface area contributed by atoms with Crippen LogP contribution in [0.4, 0.5) is 0 Å². The SMILES string of the molecule is CC(=O)SC[C@@H](C)C(=O)N1CC2(CC1C(=O)O)C(=S)CCCC2=S. The predicted octanol–water partition coefficient (Wildman–Crippen LogP) is 2.50. The van der Waals surface area contributed by atoms with E-state index in [-0.39, 0.29) is 24.0 Å². The highest BCUT2D eigenvalue weighted by atomic mass is 32.2. The van der Waals surface area contributed by atoms with Gasteiger partial charge in [-0.05, 0) is 25.7 Å². The number of carbonyl (C=O) groups is 3. The molecule has 2 atom stereocenters. The average Bonchev–Trinajstić information content (AvgIpc) is 2.92. The molecule has 1 amide bonds. The molecule has 5 nitrogen and oxygen atoms in total. The van der Waals surface area contributed by atoms with Crippen LogP contribution >= 0.6 is 36.2 Å². The fourth-order valence-electron chi connectivity index (χ4n) is 3.40. The van der Waals surface area contributed by atoms with Gasteiger partial charge in [-0.1, -0.05) is 43.1 Å². The van der Waals surface area contributed by atoms with Crippen LogP contribution in [0.1, 0.15) is 39.5 Å². The number of thiocarbonyl (C=S) groups is 2. The van der Waals surface area contributed by atoms with Crippen LogP contribution in [0.5, 0.6) is 0 Å². The van der Waals surface area contributed by atoms with Gasteiger partial charge in [-0.15, -0.1) is 0 Å². The third-order valence-corrected chi connectivity index (χ3v) is 7.02. The lowest BCUT2D eigenvalue weighted by atomic mass is 9.72. The number of amides is 1. The molecule has 0 aromatic heterocycles. The summed E-state index contributed by atoms with van der Waals surface area (Å²) >= 11 is 12.1. The van der Waals surface area contributed by atoms with Gasteiger partial charge in [-0.25, -0.2) is 4.79 Å². The monoisotopic (exact) mass is 387 g/mol. The molecule has 0 aromatic rings. The first-order valence-electron chi connectivity index (χ1n) is 7.92.